The van der Waals surface area contributed by atoms with E-state index in [1.165, 1.54) is 0 Å². The summed E-state index contributed by atoms with van der Waals surface area (Å²) in [5.74, 6) is 0. The lowest BCUT2D eigenvalue weighted by atomic mass is 10.4. The lowest BCUT2D eigenvalue weighted by Crippen LogP contribution is -2.26. The van der Waals surface area contributed by atoms with E-state index in [4.69, 9.17) is 0 Å². The maximum atomic E-state index is 11.6. The maximum Gasteiger partial charge on any atom is 0.174 e. The van der Waals surface area contributed by atoms with Crippen molar-refractivity contribution in [2.24, 2.45) is 0 Å². The van der Waals surface area contributed by atoms with Crippen LogP contribution in [0.1, 0.15) is 6.92 Å². The highest BCUT2D eigenvalue weighted by Gasteiger charge is 2.14. The molecule has 0 bridgehead atoms. The van der Waals surface area contributed by atoms with E-state index in [1.54, 1.807) is 4.31 Å². The second-order valence-electron chi connectivity index (χ2n) is 2.51. The van der Waals surface area contributed by atoms with Crippen LogP contribution in [0.15, 0.2) is 35.2 Å². The van der Waals surface area contributed by atoms with E-state index in [0.717, 1.165) is 11.4 Å². The highest BCUT2D eigenvalue weighted by Crippen LogP contribution is 2.12. The van der Waals surface area contributed by atoms with Crippen LogP contribution in [-0.2, 0) is 11.4 Å². The Hall–Kier alpha value is -0.510. The third-order valence-corrected chi connectivity index (χ3v) is 3.17. The molecule has 66 valence electrons. The molecule has 0 radical (unpaired) electrons. The molecule has 0 amide bonds. The Labute approximate surface area is 76.5 Å². The Kier molecular flexibility index (Phi) is 3.59. The smallest absolute Gasteiger partial charge is 0.174 e. The predicted molar refractivity (Wildman–Crippen MR) is 51.2 cm³/mol. The van der Waals surface area contributed by atoms with Crippen LogP contribution < -0.4 is 0 Å². The Bertz CT molecular complexity index is 227. The number of hydrogen-bond acceptors (Lipinski definition) is 2. The molecule has 0 N–H and O–H groups in total. The zero-order valence-electron chi connectivity index (χ0n) is 7.36. The molecule has 2 nitrogen and oxygen atoms in total. The van der Waals surface area contributed by atoms with Crippen molar-refractivity contribution in [3.63, 3.8) is 0 Å². The van der Waals surface area contributed by atoms with Gasteiger partial charge in [0, 0.05) is 13.6 Å². The summed E-state index contributed by atoms with van der Waals surface area (Å²) < 4.78 is 13.4. The van der Waals surface area contributed by atoms with E-state index in [9.17, 15) is 4.55 Å². The molecule has 1 aromatic rings. The summed E-state index contributed by atoms with van der Waals surface area (Å²) in [6.45, 7) is 2.78. The second kappa shape index (κ2) is 4.50. The minimum absolute atomic E-state index is 0.793. The lowest BCUT2D eigenvalue weighted by molar-refractivity contribution is 0.486. The summed E-state index contributed by atoms with van der Waals surface area (Å²) in [5, 5.41) is 0. The Morgan fingerprint density at radius 2 is 1.92 bits per heavy atom. The summed E-state index contributed by atoms with van der Waals surface area (Å²) >= 11 is -0.995. The maximum absolute atomic E-state index is 11.6. The molecule has 0 aliphatic carbocycles. The molecule has 0 spiro atoms. The van der Waals surface area contributed by atoms with Gasteiger partial charge in [-0.3, -0.25) is 0 Å². The fraction of sp³-hybridized carbons (Fsp3) is 0.333. The van der Waals surface area contributed by atoms with Crippen molar-refractivity contribution < 1.29 is 4.55 Å². The fourth-order valence-electron chi connectivity index (χ4n) is 0.834. The molecule has 1 aromatic carbocycles. The minimum atomic E-state index is -0.995. The molecule has 1 atom stereocenters. The van der Waals surface area contributed by atoms with Gasteiger partial charge in [0.15, 0.2) is 4.90 Å². The molecule has 0 fully saturated rings. The third kappa shape index (κ3) is 2.24. The topological polar surface area (TPSA) is 26.3 Å². The van der Waals surface area contributed by atoms with E-state index in [0.29, 0.717) is 0 Å². The van der Waals surface area contributed by atoms with Crippen LogP contribution in [0.2, 0.25) is 0 Å². The van der Waals surface area contributed by atoms with Crippen LogP contribution in [0.4, 0.5) is 0 Å². The standard InChI is InChI=1S/C9H13NOS/c1-3-10(2)12(11)9-7-5-4-6-8-9/h4-8H,3H2,1-2H3. The summed E-state index contributed by atoms with van der Waals surface area (Å²) in [5.41, 5.74) is 0. The SMILES string of the molecule is CCN(C)[S+]([O-])c1ccccc1. The molecule has 0 heterocycles. The van der Waals surface area contributed by atoms with E-state index >= 15 is 0 Å². The first-order valence-corrected chi connectivity index (χ1v) is 5.04. The van der Waals surface area contributed by atoms with E-state index in [-0.39, 0.29) is 0 Å². The normalized spacial score (nSPS) is 13.3. The van der Waals surface area contributed by atoms with Gasteiger partial charge in [-0.05, 0) is 19.1 Å². The molecule has 3 heteroatoms. The van der Waals surface area contributed by atoms with Gasteiger partial charge in [0.25, 0.3) is 0 Å². The molecular weight excluding hydrogens is 170 g/mol. The lowest BCUT2D eigenvalue weighted by Gasteiger charge is -2.17. The monoisotopic (exact) mass is 183 g/mol. The van der Waals surface area contributed by atoms with Crippen LogP contribution in [0.25, 0.3) is 0 Å². The summed E-state index contributed by atoms with van der Waals surface area (Å²) in [7, 11) is 1.85. The summed E-state index contributed by atoms with van der Waals surface area (Å²) in [4.78, 5) is 0.863. The molecule has 0 saturated heterocycles. The molecule has 0 aliphatic heterocycles. The molecule has 1 unspecified atom stereocenters. The van der Waals surface area contributed by atoms with Crippen molar-refractivity contribution in [1.82, 2.24) is 4.31 Å². The molecule has 0 aromatic heterocycles. The van der Waals surface area contributed by atoms with Crippen molar-refractivity contribution in [3.05, 3.63) is 30.3 Å². The first kappa shape index (κ1) is 9.58. The van der Waals surface area contributed by atoms with Crippen molar-refractivity contribution >= 4 is 11.4 Å². The van der Waals surface area contributed by atoms with Gasteiger partial charge >= 0.3 is 0 Å². The van der Waals surface area contributed by atoms with Gasteiger partial charge < -0.3 is 4.55 Å². The Morgan fingerprint density at radius 3 is 2.42 bits per heavy atom. The number of nitrogens with zero attached hydrogens (tertiary/aromatic N) is 1. The van der Waals surface area contributed by atoms with Crippen molar-refractivity contribution in [1.29, 1.82) is 0 Å². The van der Waals surface area contributed by atoms with Crippen LogP contribution in [0.5, 0.6) is 0 Å². The van der Waals surface area contributed by atoms with E-state index in [2.05, 4.69) is 0 Å². The van der Waals surface area contributed by atoms with Gasteiger partial charge in [-0.1, -0.05) is 18.2 Å². The molecule has 0 saturated carbocycles. The summed E-state index contributed by atoms with van der Waals surface area (Å²) in [6, 6.07) is 9.48. The molecule has 1 rings (SSSR count). The van der Waals surface area contributed by atoms with Gasteiger partial charge in [0.1, 0.15) is 0 Å². The number of hydrogen-bond donors (Lipinski definition) is 0. The largest absolute Gasteiger partial charge is 0.593 e. The highest BCUT2D eigenvalue weighted by atomic mass is 32.2. The van der Waals surface area contributed by atoms with Gasteiger partial charge in [0.2, 0.25) is 0 Å². The Balaban J connectivity index is 2.71. The minimum Gasteiger partial charge on any atom is -0.593 e. The van der Waals surface area contributed by atoms with Gasteiger partial charge in [-0.15, -0.1) is 4.31 Å². The quantitative estimate of drug-likeness (QED) is 0.666. The summed E-state index contributed by atoms with van der Waals surface area (Å²) in [6.07, 6.45) is 0. The van der Waals surface area contributed by atoms with Crippen molar-refractivity contribution in [2.45, 2.75) is 11.8 Å². The molecule has 12 heavy (non-hydrogen) atoms. The molecule has 0 aliphatic rings. The van der Waals surface area contributed by atoms with E-state index < -0.39 is 11.4 Å². The van der Waals surface area contributed by atoms with Crippen LogP contribution in [0.3, 0.4) is 0 Å². The fourth-order valence-corrected chi connectivity index (χ4v) is 1.82. The predicted octanol–water partition coefficient (Wildman–Crippen LogP) is 1.66. The van der Waals surface area contributed by atoms with Crippen LogP contribution >= 0.6 is 0 Å². The van der Waals surface area contributed by atoms with Crippen LogP contribution in [0, 0.1) is 0 Å². The van der Waals surface area contributed by atoms with Crippen molar-refractivity contribution in [3.8, 4) is 0 Å². The van der Waals surface area contributed by atoms with Gasteiger partial charge in [0.05, 0.1) is 11.4 Å². The number of rotatable bonds is 3. The first-order chi connectivity index (χ1) is 5.75. The van der Waals surface area contributed by atoms with Gasteiger partial charge in [-0.25, -0.2) is 0 Å². The van der Waals surface area contributed by atoms with Crippen molar-refractivity contribution in [2.75, 3.05) is 13.6 Å². The van der Waals surface area contributed by atoms with E-state index in [1.807, 2.05) is 44.3 Å². The molecular formula is C9H13NOS. The first-order valence-electron chi connectivity index (χ1n) is 3.93. The Morgan fingerprint density at radius 1 is 1.33 bits per heavy atom. The van der Waals surface area contributed by atoms with Crippen LogP contribution in [-0.4, -0.2) is 22.5 Å². The number of benzene rings is 1. The average Bonchev–Trinajstić information content (AvgIpc) is 2.17. The highest BCUT2D eigenvalue weighted by molar-refractivity contribution is 7.89. The van der Waals surface area contributed by atoms with Gasteiger partial charge in [-0.2, -0.15) is 0 Å². The third-order valence-electron chi connectivity index (χ3n) is 1.67. The second-order valence-corrected chi connectivity index (χ2v) is 4.10. The average molecular weight is 183 g/mol. The zero-order chi connectivity index (χ0) is 8.97. The zero-order valence-corrected chi connectivity index (χ0v) is 8.17.